The fourth-order valence-corrected chi connectivity index (χ4v) is 1.82. The van der Waals surface area contributed by atoms with Crippen LogP contribution in [0, 0.1) is 5.92 Å². The molecule has 0 aliphatic carbocycles. The smallest absolute Gasteiger partial charge is 0.276 e. The van der Waals surface area contributed by atoms with Crippen molar-refractivity contribution in [3.8, 4) is 11.4 Å². The summed E-state index contributed by atoms with van der Waals surface area (Å²) >= 11 is 0. The molecule has 2 heterocycles. The number of nitrogens with one attached hydrogen (secondary N) is 1. The molecule has 2 aromatic rings. The number of pyridine rings is 1. The molecule has 102 valence electrons. The van der Waals surface area contributed by atoms with Crippen molar-refractivity contribution in [2.24, 2.45) is 5.92 Å². The maximum Gasteiger partial charge on any atom is 0.435 e. The Morgan fingerprint density at radius 2 is 2.00 bits per heavy atom. The minimum Gasteiger partial charge on any atom is -0.276 e. The molecule has 19 heavy (non-hydrogen) atoms. The number of hydrogen-bond donors (Lipinski definition) is 1. The molecular formula is C13H14F3N3. The molecule has 0 spiro atoms. The zero-order valence-electron chi connectivity index (χ0n) is 10.6. The summed E-state index contributed by atoms with van der Waals surface area (Å²) in [4.78, 5) is 4.07. The molecule has 3 nitrogen and oxygen atoms in total. The highest BCUT2D eigenvalue weighted by atomic mass is 19.4. The Kier molecular flexibility index (Phi) is 3.59. The summed E-state index contributed by atoms with van der Waals surface area (Å²) in [5, 5.41) is 5.64. The minimum absolute atomic E-state index is 0.276. The van der Waals surface area contributed by atoms with Gasteiger partial charge in [-0.25, -0.2) is 0 Å². The molecule has 0 aliphatic rings. The standard InChI is InChI=1S/C13H14F3N3/c1-8(2)5-9-3-4-17-10(6-9)11-7-12(19-18-11)13(14,15)16/h3-4,6-8H,5H2,1-2H3,(H,18,19). The zero-order chi connectivity index (χ0) is 14.0. The molecule has 6 heteroatoms. The second-order valence-electron chi connectivity index (χ2n) is 4.81. The second-order valence-corrected chi connectivity index (χ2v) is 4.81. The molecule has 0 aliphatic heterocycles. The van der Waals surface area contributed by atoms with Crippen molar-refractivity contribution in [3.63, 3.8) is 0 Å². The van der Waals surface area contributed by atoms with E-state index >= 15 is 0 Å². The molecule has 0 aromatic carbocycles. The van der Waals surface area contributed by atoms with Crippen LogP contribution in [0.4, 0.5) is 13.2 Å². The van der Waals surface area contributed by atoms with Gasteiger partial charge in [0.05, 0.1) is 11.4 Å². The number of alkyl halides is 3. The molecule has 0 saturated carbocycles. The normalized spacial score (nSPS) is 12.1. The van der Waals surface area contributed by atoms with Gasteiger partial charge in [-0.15, -0.1) is 0 Å². The number of aromatic nitrogens is 3. The summed E-state index contributed by atoms with van der Waals surface area (Å²) in [5.41, 5.74) is 0.862. The van der Waals surface area contributed by atoms with E-state index in [1.54, 1.807) is 12.3 Å². The van der Waals surface area contributed by atoms with Crippen LogP contribution in [-0.2, 0) is 12.6 Å². The highest BCUT2D eigenvalue weighted by Crippen LogP contribution is 2.29. The monoisotopic (exact) mass is 269 g/mol. The summed E-state index contributed by atoms with van der Waals surface area (Å²) in [5.74, 6) is 0.475. The van der Waals surface area contributed by atoms with Gasteiger partial charge in [-0.3, -0.25) is 10.1 Å². The number of rotatable bonds is 3. The van der Waals surface area contributed by atoms with Gasteiger partial charge in [0, 0.05) is 6.20 Å². The van der Waals surface area contributed by atoms with Crippen molar-refractivity contribution < 1.29 is 13.2 Å². The Morgan fingerprint density at radius 3 is 2.58 bits per heavy atom. The molecule has 2 aromatic heterocycles. The van der Waals surface area contributed by atoms with E-state index in [2.05, 4.69) is 29.0 Å². The largest absolute Gasteiger partial charge is 0.435 e. The first kappa shape index (κ1) is 13.6. The van der Waals surface area contributed by atoms with E-state index < -0.39 is 11.9 Å². The Bertz CT molecular complexity index is 558. The third kappa shape index (κ3) is 3.33. The van der Waals surface area contributed by atoms with Crippen LogP contribution in [0.3, 0.4) is 0 Å². The minimum atomic E-state index is -4.44. The van der Waals surface area contributed by atoms with Gasteiger partial charge in [0.25, 0.3) is 0 Å². The van der Waals surface area contributed by atoms with Crippen LogP contribution in [0.25, 0.3) is 11.4 Å². The van der Waals surface area contributed by atoms with Gasteiger partial charge in [-0.2, -0.15) is 18.3 Å². The van der Waals surface area contributed by atoms with Gasteiger partial charge in [0.15, 0.2) is 5.69 Å². The Hall–Kier alpha value is -1.85. The Morgan fingerprint density at radius 1 is 1.26 bits per heavy atom. The van der Waals surface area contributed by atoms with Crippen LogP contribution in [-0.4, -0.2) is 15.2 Å². The van der Waals surface area contributed by atoms with Crippen LogP contribution >= 0.6 is 0 Å². The van der Waals surface area contributed by atoms with E-state index in [1.165, 1.54) is 0 Å². The van der Waals surface area contributed by atoms with Crippen molar-refractivity contribution >= 4 is 0 Å². The highest BCUT2D eigenvalue weighted by molar-refractivity contribution is 5.55. The lowest BCUT2D eigenvalue weighted by molar-refractivity contribution is -0.141. The Labute approximate surface area is 108 Å². The van der Waals surface area contributed by atoms with Crippen LogP contribution in [0.15, 0.2) is 24.4 Å². The van der Waals surface area contributed by atoms with Crippen LogP contribution in [0.1, 0.15) is 25.1 Å². The van der Waals surface area contributed by atoms with Crippen molar-refractivity contribution in [3.05, 3.63) is 35.7 Å². The zero-order valence-corrected chi connectivity index (χ0v) is 10.6. The maximum atomic E-state index is 12.5. The van der Waals surface area contributed by atoms with E-state index in [4.69, 9.17) is 0 Å². The fraction of sp³-hybridized carbons (Fsp3) is 0.385. The average molecular weight is 269 g/mol. The number of nitrogens with zero attached hydrogens (tertiary/aromatic N) is 2. The van der Waals surface area contributed by atoms with Crippen LogP contribution < -0.4 is 0 Å². The molecule has 0 fully saturated rings. The van der Waals surface area contributed by atoms with E-state index in [0.717, 1.165) is 18.1 Å². The number of H-pyrrole nitrogens is 1. The first-order valence-corrected chi connectivity index (χ1v) is 5.94. The Balaban J connectivity index is 2.29. The predicted octanol–water partition coefficient (Wildman–Crippen LogP) is 3.69. The molecule has 0 unspecified atom stereocenters. The van der Waals surface area contributed by atoms with E-state index in [1.807, 2.05) is 6.07 Å². The van der Waals surface area contributed by atoms with Crippen molar-refractivity contribution in [1.82, 2.24) is 15.2 Å². The average Bonchev–Trinajstić information content (AvgIpc) is 2.77. The summed E-state index contributed by atoms with van der Waals surface area (Å²) < 4.78 is 37.4. The number of halogens is 3. The van der Waals surface area contributed by atoms with Crippen molar-refractivity contribution in [2.45, 2.75) is 26.4 Å². The lowest BCUT2D eigenvalue weighted by atomic mass is 10.0. The summed E-state index contributed by atoms with van der Waals surface area (Å²) in [7, 11) is 0. The maximum absolute atomic E-state index is 12.5. The lowest BCUT2D eigenvalue weighted by Gasteiger charge is -2.05. The topological polar surface area (TPSA) is 41.6 Å². The quantitative estimate of drug-likeness (QED) is 0.923. The number of aromatic amines is 1. The molecule has 2 rings (SSSR count). The van der Waals surface area contributed by atoms with Crippen molar-refractivity contribution in [1.29, 1.82) is 0 Å². The van der Waals surface area contributed by atoms with Crippen LogP contribution in [0.2, 0.25) is 0 Å². The molecular weight excluding hydrogens is 255 g/mol. The number of hydrogen-bond acceptors (Lipinski definition) is 2. The molecule has 0 radical (unpaired) electrons. The fourth-order valence-electron chi connectivity index (χ4n) is 1.82. The van der Waals surface area contributed by atoms with E-state index in [9.17, 15) is 13.2 Å². The second kappa shape index (κ2) is 5.03. The first-order valence-electron chi connectivity index (χ1n) is 5.94. The van der Waals surface area contributed by atoms with Gasteiger partial charge in [0.1, 0.15) is 0 Å². The third-order valence-electron chi connectivity index (χ3n) is 2.61. The van der Waals surface area contributed by atoms with Crippen molar-refractivity contribution in [2.75, 3.05) is 0 Å². The van der Waals surface area contributed by atoms with Gasteiger partial charge >= 0.3 is 6.18 Å². The molecule has 0 saturated heterocycles. The van der Waals surface area contributed by atoms with Gasteiger partial charge in [0.2, 0.25) is 0 Å². The predicted molar refractivity (Wildman–Crippen MR) is 65.4 cm³/mol. The van der Waals surface area contributed by atoms with Gasteiger partial charge < -0.3 is 0 Å². The van der Waals surface area contributed by atoms with Gasteiger partial charge in [-0.1, -0.05) is 13.8 Å². The van der Waals surface area contributed by atoms with E-state index in [-0.39, 0.29) is 5.69 Å². The molecule has 1 N–H and O–H groups in total. The van der Waals surface area contributed by atoms with Gasteiger partial charge in [-0.05, 0) is 36.1 Å². The summed E-state index contributed by atoms with van der Waals surface area (Å²) in [6.45, 7) is 4.16. The lowest BCUT2D eigenvalue weighted by Crippen LogP contribution is -2.04. The van der Waals surface area contributed by atoms with Crippen LogP contribution in [0.5, 0.6) is 0 Å². The molecule has 0 amide bonds. The molecule has 0 atom stereocenters. The highest BCUT2D eigenvalue weighted by Gasteiger charge is 2.34. The third-order valence-corrected chi connectivity index (χ3v) is 2.61. The SMILES string of the molecule is CC(C)Cc1ccnc(-c2cc(C(F)(F)F)n[nH]2)c1. The van der Waals surface area contributed by atoms with E-state index in [0.29, 0.717) is 11.6 Å². The summed E-state index contributed by atoms with van der Waals surface area (Å²) in [6.07, 6.45) is -1.98. The molecule has 0 bridgehead atoms. The first-order chi connectivity index (χ1) is 8.86. The summed E-state index contributed by atoms with van der Waals surface area (Å²) in [6, 6.07) is 4.62.